The van der Waals surface area contributed by atoms with Gasteiger partial charge < -0.3 is 10.5 Å². The maximum atomic E-state index is 13.4. The average Bonchev–Trinajstić information content (AvgIpc) is 2.53. The lowest BCUT2D eigenvalue weighted by atomic mass is 9.89. The van der Waals surface area contributed by atoms with Gasteiger partial charge >= 0.3 is 0 Å². The molecule has 1 atom stereocenters. The first kappa shape index (κ1) is 14.2. The van der Waals surface area contributed by atoms with E-state index in [-0.39, 0.29) is 11.9 Å². The van der Waals surface area contributed by atoms with Crippen molar-refractivity contribution in [3.05, 3.63) is 70.5 Å². The Kier molecular flexibility index (Phi) is 4.32. The second-order valence-electron chi connectivity index (χ2n) is 5.51. The van der Waals surface area contributed by atoms with Crippen molar-refractivity contribution in [1.29, 1.82) is 0 Å². The van der Waals surface area contributed by atoms with E-state index in [1.807, 2.05) is 6.07 Å². The topological polar surface area (TPSA) is 35.2 Å². The molecule has 2 aromatic rings. The third-order valence-electron chi connectivity index (χ3n) is 4.14. The second-order valence-corrected chi connectivity index (χ2v) is 5.51. The van der Waals surface area contributed by atoms with Crippen LogP contribution < -0.4 is 5.73 Å². The fraction of sp³-hybridized carbons (Fsp3) is 0.333. The van der Waals surface area contributed by atoms with Gasteiger partial charge in [-0.25, -0.2) is 4.39 Å². The van der Waals surface area contributed by atoms with Gasteiger partial charge in [-0.1, -0.05) is 30.3 Å². The van der Waals surface area contributed by atoms with E-state index in [1.54, 1.807) is 6.07 Å². The molecule has 3 heteroatoms. The molecule has 0 radical (unpaired) electrons. The Morgan fingerprint density at radius 1 is 1.14 bits per heavy atom. The van der Waals surface area contributed by atoms with Crippen molar-refractivity contribution >= 4 is 0 Å². The Morgan fingerprint density at radius 3 is 2.86 bits per heavy atom. The molecule has 2 N–H and O–H groups in total. The Balaban J connectivity index is 1.76. The standard InChI is InChI=1S/C18H20FNO/c19-16-9-8-14(11-20)15(10-16)12-21-18-7-3-5-13-4-1-2-6-17(13)18/h1-2,4,6,8-10,18H,3,5,7,11-12,20H2. The van der Waals surface area contributed by atoms with E-state index in [0.29, 0.717) is 13.2 Å². The van der Waals surface area contributed by atoms with Crippen LogP contribution in [-0.4, -0.2) is 0 Å². The number of hydrogen-bond donors (Lipinski definition) is 1. The average molecular weight is 285 g/mol. The van der Waals surface area contributed by atoms with Gasteiger partial charge in [0.15, 0.2) is 0 Å². The molecule has 0 aromatic heterocycles. The molecular formula is C18H20FNO. The molecule has 3 rings (SSSR count). The van der Waals surface area contributed by atoms with E-state index >= 15 is 0 Å². The summed E-state index contributed by atoms with van der Waals surface area (Å²) < 4.78 is 19.5. The van der Waals surface area contributed by atoms with E-state index in [4.69, 9.17) is 10.5 Å². The van der Waals surface area contributed by atoms with Crippen molar-refractivity contribution in [3.63, 3.8) is 0 Å². The quantitative estimate of drug-likeness (QED) is 0.925. The minimum atomic E-state index is -0.241. The molecule has 0 saturated heterocycles. The molecule has 2 nitrogen and oxygen atoms in total. The lowest BCUT2D eigenvalue weighted by Crippen LogP contribution is -2.13. The maximum absolute atomic E-state index is 13.4. The molecule has 2 aromatic carbocycles. The van der Waals surface area contributed by atoms with Crippen LogP contribution in [0.1, 0.15) is 41.2 Å². The van der Waals surface area contributed by atoms with Crippen LogP contribution in [0.5, 0.6) is 0 Å². The number of benzene rings is 2. The minimum Gasteiger partial charge on any atom is -0.369 e. The van der Waals surface area contributed by atoms with Crippen molar-refractivity contribution in [2.45, 2.75) is 38.5 Å². The third kappa shape index (κ3) is 3.14. The highest BCUT2D eigenvalue weighted by Crippen LogP contribution is 2.33. The van der Waals surface area contributed by atoms with Gasteiger partial charge in [0.2, 0.25) is 0 Å². The number of halogens is 1. The van der Waals surface area contributed by atoms with Crippen LogP contribution in [0.25, 0.3) is 0 Å². The number of aryl methyl sites for hydroxylation is 1. The summed E-state index contributed by atoms with van der Waals surface area (Å²) in [5.41, 5.74) is 10.1. The van der Waals surface area contributed by atoms with Crippen molar-refractivity contribution in [2.75, 3.05) is 0 Å². The van der Waals surface area contributed by atoms with E-state index in [2.05, 4.69) is 18.2 Å². The molecule has 0 fully saturated rings. The molecular weight excluding hydrogens is 265 g/mol. The first-order valence-corrected chi connectivity index (χ1v) is 7.44. The highest BCUT2D eigenvalue weighted by Gasteiger charge is 2.20. The zero-order chi connectivity index (χ0) is 14.7. The number of nitrogens with two attached hydrogens (primary N) is 1. The van der Waals surface area contributed by atoms with Crippen LogP contribution in [-0.2, 0) is 24.3 Å². The molecule has 1 aliphatic carbocycles. The first-order chi connectivity index (χ1) is 10.3. The molecule has 0 aliphatic heterocycles. The van der Waals surface area contributed by atoms with Gasteiger partial charge in [-0.05, 0) is 53.6 Å². The molecule has 0 saturated carbocycles. The van der Waals surface area contributed by atoms with Gasteiger partial charge in [-0.15, -0.1) is 0 Å². The number of ether oxygens (including phenoxy) is 1. The summed E-state index contributed by atoms with van der Waals surface area (Å²) >= 11 is 0. The monoisotopic (exact) mass is 285 g/mol. The normalized spacial score (nSPS) is 17.5. The fourth-order valence-corrected chi connectivity index (χ4v) is 3.00. The molecule has 1 unspecified atom stereocenters. The molecule has 1 aliphatic rings. The minimum absolute atomic E-state index is 0.101. The number of fused-ring (bicyclic) bond motifs is 1. The van der Waals surface area contributed by atoms with Crippen LogP contribution in [0.2, 0.25) is 0 Å². The summed E-state index contributed by atoms with van der Waals surface area (Å²) in [4.78, 5) is 0. The van der Waals surface area contributed by atoms with Gasteiger partial charge in [0.05, 0.1) is 12.7 Å². The lowest BCUT2D eigenvalue weighted by molar-refractivity contribution is 0.0278. The predicted octanol–water partition coefficient (Wildman–Crippen LogP) is 3.88. The van der Waals surface area contributed by atoms with Gasteiger partial charge in [-0.3, -0.25) is 0 Å². The molecule has 110 valence electrons. The fourth-order valence-electron chi connectivity index (χ4n) is 3.00. The van der Waals surface area contributed by atoms with Crippen LogP contribution in [0.4, 0.5) is 4.39 Å². The summed E-state index contributed by atoms with van der Waals surface area (Å²) in [7, 11) is 0. The summed E-state index contributed by atoms with van der Waals surface area (Å²) in [5.74, 6) is -0.241. The van der Waals surface area contributed by atoms with Gasteiger partial charge in [0.25, 0.3) is 0 Å². The van der Waals surface area contributed by atoms with Crippen LogP contribution in [0.3, 0.4) is 0 Å². The Bertz CT molecular complexity index is 626. The van der Waals surface area contributed by atoms with Gasteiger partial charge in [0.1, 0.15) is 5.82 Å². The van der Waals surface area contributed by atoms with Crippen LogP contribution in [0, 0.1) is 5.82 Å². The van der Waals surface area contributed by atoms with Crippen molar-refractivity contribution in [3.8, 4) is 0 Å². The number of rotatable bonds is 4. The SMILES string of the molecule is NCc1ccc(F)cc1COC1CCCc2ccccc21. The van der Waals surface area contributed by atoms with Crippen molar-refractivity contribution < 1.29 is 9.13 Å². The zero-order valence-electron chi connectivity index (χ0n) is 12.0. The molecule has 0 heterocycles. The largest absolute Gasteiger partial charge is 0.369 e. The summed E-state index contributed by atoms with van der Waals surface area (Å²) in [6.07, 6.45) is 3.37. The van der Waals surface area contributed by atoms with Gasteiger partial charge in [-0.2, -0.15) is 0 Å². The summed E-state index contributed by atoms with van der Waals surface area (Å²) in [6.45, 7) is 0.809. The number of hydrogen-bond acceptors (Lipinski definition) is 2. The van der Waals surface area contributed by atoms with Gasteiger partial charge in [0, 0.05) is 6.54 Å². The first-order valence-electron chi connectivity index (χ1n) is 7.44. The van der Waals surface area contributed by atoms with E-state index in [1.165, 1.54) is 23.3 Å². The Morgan fingerprint density at radius 2 is 2.00 bits per heavy atom. The molecule has 0 bridgehead atoms. The third-order valence-corrected chi connectivity index (χ3v) is 4.14. The smallest absolute Gasteiger partial charge is 0.123 e. The van der Waals surface area contributed by atoms with E-state index in [9.17, 15) is 4.39 Å². The van der Waals surface area contributed by atoms with E-state index in [0.717, 1.165) is 30.4 Å². The van der Waals surface area contributed by atoms with Crippen LogP contribution >= 0.6 is 0 Å². The maximum Gasteiger partial charge on any atom is 0.123 e. The molecule has 0 amide bonds. The highest BCUT2D eigenvalue weighted by molar-refractivity contribution is 5.31. The second kappa shape index (κ2) is 6.37. The summed E-state index contributed by atoms with van der Waals surface area (Å²) in [6, 6.07) is 13.1. The van der Waals surface area contributed by atoms with E-state index < -0.39 is 0 Å². The highest BCUT2D eigenvalue weighted by atomic mass is 19.1. The zero-order valence-corrected chi connectivity index (χ0v) is 12.0. The van der Waals surface area contributed by atoms with Crippen LogP contribution in [0.15, 0.2) is 42.5 Å². The van der Waals surface area contributed by atoms with Crippen molar-refractivity contribution in [2.24, 2.45) is 5.73 Å². The Labute approximate surface area is 124 Å². The Hall–Kier alpha value is -1.71. The van der Waals surface area contributed by atoms with Crippen molar-refractivity contribution in [1.82, 2.24) is 0 Å². The summed E-state index contributed by atoms with van der Waals surface area (Å²) in [5, 5.41) is 0. The lowest BCUT2D eigenvalue weighted by Gasteiger charge is -2.26. The predicted molar refractivity (Wildman–Crippen MR) is 81.2 cm³/mol. The molecule has 0 spiro atoms. The molecule has 21 heavy (non-hydrogen) atoms.